The zero-order valence-corrected chi connectivity index (χ0v) is 15.3. The van der Waals surface area contributed by atoms with E-state index in [1.807, 2.05) is 0 Å². The lowest BCUT2D eigenvalue weighted by Gasteiger charge is -2.20. The fourth-order valence-corrected chi connectivity index (χ4v) is 3.31. The lowest BCUT2D eigenvalue weighted by Crippen LogP contribution is -2.43. The van der Waals surface area contributed by atoms with Gasteiger partial charge in [0.05, 0.1) is 16.4 Å². The van der Waals surface area contributed by atoms with Crippen molar-refractivity contribution in [1.82, 2.24) is 5.01 Å². The smallest absolute Gasteiger partial charge is 0.263 e. The van der Waals surface area contributed by atoms with E-state index >= 15 is 0 Å². The molecule has 2 unspecified atom stereocenters. The average molecular weight is 420 g/mol. The van der Waals surface area contributed by atoms with E-state index in [9.17, 15) is 23.2 Å². The van der Waals surface area contributed by atoms with E-state index in [4.69, 9.17) is 11.6 Å². The van der Waals surface area contributed by atoms with Crippen LogP contribution < -0.4 is 10.2 Å². The first-order valence-electron chi connectivity index (χ1n) is 8.41. The first kappa shape index (κ1) is 18.9. The van der Waals surface area contributed by atoms with Gasteiger partial charge in [0.25, 0.3) is 11.8 Å². The molecule has 1 fully saturated rings. The standard InChI is InChI=1S/C18H12ClF2N5O3/c19-10-3-1-2-4-13(10)22-14(27)8-25-16-15(23-24-25)17(28)26(18(16)29)9-5-6-11(20)12(21)7-9/h1-7,15-16H,8H2,(H,22,27). The normalized spacial score (nSPS) is 20.4. The number of amides is 3. The second-order valence-corrected chi connectivity index (χ2v) is 6.74. The fraction of sp³-hybridized carbons (Fsp3) is 0.167. The number of nitrogens with zero attached hydrogens (tertiary/aromatic N) is 4. The van der Waals surface area contributed by atoms with Crippen molar-refractivity contribution < 1.29 is 23.2 Å². The van der Waals surface area contributed by atoms with E-state index < -0.39 is 41.4 Å². The fourth-order valence-electron chi connectivity index (χ4n) is 3.13. The number of benzene rings is 2. The Morgan fingerprint density at radius 2 is 1.86 bits per heavy atom. The second kappa shape index (κ2) is 7.21. The Labute approximate surface area is 167 Å². The van der Waals surface area contributed by atoms with Crippen molar-refractivity contribution in [2.45, 2.75) is 12.1 Å². The van der Waals surface area contributed by atoms with Gasteiger partial charge in [-0.2, -0.15) is 5.11 Å². The number of imide groups is 1. The van der Waals surface area contributed by atoms with Crippen LogP contribution in [0.15, 0.2) is 52.8 Å². The van der Waals surface area contributed by atoms with Gasteiger partial charge in [-0.05, 0) is 24.3 Å². The van der Waals surface area contributed by atoms with Crippen molar-refractivity contribution in [1.29, 1.82) is 0 Å². The third-order valence-corrected chi connectivity index (χ3v) is 4.80. The van der Waals surface area contributed by atoms with Gasteiger partial charge in [0.2, 0.25) is 5.91 Å². The lowest BCUT2D eigenvalue weighted by molar-refractivity contribution is -0.123. The third kappa shape index (κ3) is 3.31. The highest BCUT2D eigenvalue weighted by atomic mass is 35.5. The van der Waals surface area contributed by atoms with Gasteiger partial charge < -0.3 is 5.32 Å². The molecule has 0 bridgehead atoms. The minimum Gasteiger partial charge on any atom is -0.323 e. The molecular formula is C18H12ClF2N5O3. The molecule has 29 heavy (non-hydrogen) atoms. The molecule has 3 amide bonds. The number of halogens is 3. The summed E-state index contributed by atoms with van der Waals surface area (Å²) in [7, 11) is 0. The van der Waals surface area contributed by atoms with Crippen LogP contribution in [-0.2, 0) is 14.4 Å². The van der Waals surface area contributed by atoms with Crippen LogP contribution in [0.25, 0.3) is 0 Å². The Balaban J connectivity index is 1.51. The molecule has 0 saturated carbocycles. The van der Waals surface area contributed by atoms with Crippen LogP contribution in [0.1, 0.15) is 0 Å². The molecule has 2 heterocycles. The number of nitrogens with one attached hydrogen (secondary N) is 1. The molecule has 0 aromatic heterocycles. The molecule has 2 aliphatic rings. The number of anilines is 2. The molecule has 0 spiro atoms. The molecule has 2 aliphatic heterocycles. The van der Waals surface area contributed by atoms with Gasteiger partial charge in [-0.1, -0.05) is 29.0 Å². The third-order valence-electron chi connectivity index (χ3n) is 4.47. The van der Waals surface area contributed by atoms with E-state index in [0.717, 1.165) is 28.1 Å². The maximum absolute atomic E-state index is 13.5. The highest BCUT2D eigenvalue weighted by Gasteiger charge is 2.55. The predicted octanol–water partition coefficient (Wildman–Crippen LogP) is 2.55. The summed E-state index contributed by atoms with van der Waals surface area (Å²) in [6, 6.07) is 6.95. The minimum atomic E-state index is -1.20. The lowest BCUT2D eigenvalue weighted by atomic mass is 10.1. The van der Waals surface area contributed by atoms with Crippen molar-refractivity contribution in [2.75, 3.05) is 16.8 Å². The molecule has 0 radical (unpaired) electrons. The first-order valence-corrected chi connectivity index (χ1v) is 8.79. The topological polar surface area (TPSA) is 94.4 Å². The summed E-state index contributed by atoms with van der Waals surface area (Å²) in [5.74, 6) is -4.29. The van der Waals surface area contributed by atoms with Crippen molar-refractivity contribution in [3.63, 3.8) is 0 Å². The summed E-state index contributed by atoms with van der Waals surface area (Å²) in [4.78, 5) is 38.4. The number of hydrogen-bond donors (Lipinski definition) is 1. The number of carbonyl (C=O) groups is 3. The number of para-hydroxylation sites is 1. The Morgan fingerprint density at radius 1 is 1.10 bits per heavy atom. The minimum absolute atomic E-state index is 0.121. The molecule has 0 aliphatic carbocycles. The zero-order chi connectivity index (χ0) is 20.7. The van der Waals surface area contributed by atoms with Gasteiger partial charge >= 0.3 is 0 Å². The van der Waals surface area contributed by atoms with E-state index in [1.165, 1.54) is 0 Å². The number of carbonyl (C=O) groups excluding carboxylic acids is 3. The van der Waals surface area contributed by atoms with Gasteiger partial charge in [0, 0.05) is 6.07 Å². The van der Waals surface area contributed by atoms with Crippen molar-refractivity contribution >= 4 is 40.7 Å². The number of rotatable bonds is 4. The van der Waals surface area contributed by atoms with Crippen molar-refractivity contribution in [3.05, 3.63) is 59.1 Å². The molecule has 2 aromatic rings. The predicted molar refractivity (Wildman–Crippen MR) is 98.1 cm³/mol. The highest BCUT2D eigenvalue weighted by molar-refractivity contribution is 6.33. The van der Waals surface area contributed by atoms with Gasteiger partial charge in [-0.15, -0.1) is 0 Å². The maximum atomic E-state index is 13.5. The van der Waals surface area contributed by atoms with Crippen LogP contribution >= 0.6 is 11.6 Å². The summed E-state index contributed by atoms with van der Waals surface area (Å²) in [6.45, 7) is -0.361. The number of fused-ring (bicyclic) bond motifs is 1. The summed E-state index contributed by atoms with van der Waals surface area (Å²) in [6.07, 6.45) is 0. The summed E-state index contributed by atoms with van der Waals surface area (Å²) in [5.41, 5.74) is 0.257. The monoisotopic (exact) mass is 419 g/mol. The molecule has 11 heteroatoms. The molecule has 1 saturated heterocycles. The van der Waals surface area contributed by atoms with Gasteiger partial charge in [0.15, 0.2) is 23.7 Å². The Hall–Kier alpha value is -3.40. The maximum Gasteiger partial charge on any atom is 0.263 e. The molecule has 4 rings (SSSR count). The van der Waals surface area contributed by atoms with Crippen LogP contribution in [0.2, 0.25) is 5.02 Å². The summed E-state index contributed by atoms with van der Waals surface area (Å²) < 4.78 is 26.7. The number of hydrogen-bond acceptors (Lipinski definition) is 6. The molecule has 1 N–H and O–H groups in total. The van der Waals surface area contributed by atoms with Gasteiger partial charge in [-0.3, -0.25) is 19.4 Å². The molecular weight excluding hydrogens is 408 g/mol. The quantitative estimate of drug-likeness (QED) is 0.770. The van der Waals surface area contributed by atoms with E-state index in [0.29, 0.717) is 10.7 Å². The largest absolute Gasteiger partial charge is 0.323 e. The van der Waals surface area contributed by atoms with Gasteiger partial charge in [0.1, 0.15) is 6.54 Å². The second-order valence-electron chi connectivity index (χ2n) is 6.33. The van der Waals surface area contributed by atoms with Crippen LogP contribution in [0.3, 0.4) is 0 Å². The SMILES string of the molecule is O=C(CN1N=NC2C(=O)N(c3ccc(F)c(F)c3)C(=O)C21)Nc1ccccc1Cl. The summed E-state index contributed by atoms with van der Waals surface area (Å²) in [5, 5.41) is 11.5. The van der Waals surface area contributed by atoms with E-state index in [1.54, 1.807) is 24.3 Å². The van der Waals surface area contributed by atoms with E-state index in [-0.39, 0.29) is 12.2 Å². The molecule has 2 aromatic carbocycles. The van der Waals surface area contributed by atoms with Crippen LogP contribution in [0, 0.1) is 11.6 Å². The van der Waals surface area contributed by atoms with Crippen molar-refractivity contribution in [3.8, 4) is 0 Å². The van der Waals surface area contributed by atoms with Gasteiger partial charge in [-0.25, -0.2) is 13.7 Å². The van der Waals surface area contributed by atoms with E-state index in [2.05, 4.69) is 15.7 Å². The molecule has 148 valence electrons. The summed E-state index contributed by atoms with van der Waals surface area (Å²) >= 11 is 5.99. The Morgan fingerprint density at radius 3 is 2.59 bits per heavy atom. The van der Waals surface area contributed by atoms with Crippen LogP contribution in [0.5, 0.6) is 0 Å². The average Bonchev–Trinajstić information content (AvgIpc) is 3.20. The first-order chi connectivity index (χ1) is 13.9. The Kier molecular flexibility index (Phi) is 4.71. The van der Waals surface area contributed by atoms with Crippen LogP contribution in [-0.4, -0.2) is 41.4 Å². The van der Waals surface area contributed by atoms with Crippen molar-refractivity contribution in [2.24, 2.45) is 10.3 Å². The highest BCUT2D eigenvalue weighted by Crippen LogP contribution is 2.32. The molecule has 2 atom stereocenters. The molecule has 8 nitrogen and oxygen atoms in total. The zero-order valence-electron chi connectivity index (χ0n) is 14.6. The van der Waals surface area contributed by atoms with Crippen LogP contribution in [0.4, 0.5) is 20.2 Å². The Bertz CT molecular complexity index is 1060.